The molecule has 1 aliphatic heterocycles. The summed E-state index contributed by atoms with van der Waals surface area (Å²) < 4.78 is 36.3. The van der Waals surface area contributed by atoms with E-state index in [-0.39, 0.29) is 23.0 Å². The Kier molecular flexibility index (Phi) is 5.78. The van der Waals surface area contributed by atoms with Crippen molar-refractivity contribution in [2.45, 2.75) is 31.7 Å². The number of nitrogens with one attached hydrogen (secondary N) is 1. The van der Waals surface area contributed by atoms with Crippen molar-refractivity contribution in [3.05, 3.63) is 67.0 Å². The summed E-state index contributed by atoms with van der Waals surface area (Å²) in [5.74, 6) is -1.10. The van der Waals surface area contributed by atoms with E-state index in [1.165, 1.54) is 22.7 Å². The minimum atomic E-state index is -2.63. The molecular weight excluding hydrogens is 480 g/mol. The maximum absolute atomic E-state index is 13.6. The number of anilines is 3. The van der Waals surface area contributed by atoms with Crippen LogP contribution in [0.5, 0.6) is 5.88 Å². The zero-order chi connectivity index (χ0) is 28.6. The van der Waals surface area contributed by atoms with Crippen LogP contribution < -0.4 is 15.0 Å². The minimum absolute atomic E-state index is 0.0530. The van der Waals surface area contributed by atoms with Crippen LogP contribution in [0.25, 0.3) is 11.2 Å². The topological polar surface area (TPSA) is 152 Å². The number of aliphatic hydroxyl groups excluding tert-OH is 1. The zero-order valence-electron chi connectivity index (χ0n) is 22.4. The number of hydrogen-bond acceptors (Lipinski definition) is 9. The molecule has 0 aliphatic carbocycles. The van der Waals surface area contributed by atoms with Gasteiger partial charge in [-0.15, -0.1) is 0 Å². The van der Waals surface area contributed by atoms with E-state index >= 15 is 0 Å². The second kappa shape index (κ2) is 10.3. The number of carbonyl (C=O) groups is 2. The molecule has 37 heavy (non-hydrogen) atoms. The lowest BCUT2D eigenvalue weighted by atomic mass is 10.2. The minimum Gasteiger partial charge on any atom is -0.394 e. The Balaban J connectivity index is 1.57. The molecule has 0 bridgehead atoms. The third kappa shape index (κ3) is 4.98. The molecule has 12 nitrogen and oxygen atoms in total. The number of benzene rings is 2. The molecule has 0 saturated carbocycles. The van der Waals surface area contributed by atoms with E-state index < -0.39 is 43.4 Å². The van der Waals surface area contributed by atoms with Crippen molar-refractivity contribution in [3.8, 4) is 5.88 Å². The van der Waals surface area contributed by atoms with Gasteiger partial charge in [0.15, 0.2) is 11.2 Å². The summed E-state index contributed by atoms with van der Waals surface area (Å²) in [7, 11) is 0. The van der Waals surface area contributed by atoms with Gasteiger partial charge in [-0.1, -0.05) is 36.4 Å². The van der Waals surface area contributed by atoms with Gasteiger partial charge in [0.1, 0.15) is 12.3 Å². The Hall–Kier alpha value is -4.39. The van der Waals surface area contributed by atoms with Crippen LogP contribution in [-0.4, -0.2) is 60.5 Å². The first-order valence-corrected chi connectivity index (χ1v) is 11.1. The van der Waals surface area contributed by atoms with Crippen LogP contribution in [0.4, 0.5) is 22.1 Å². The van der Waals surface area contributed by atoms with Gasteiger partial charge in [-0.2, -0.15) is 9.97 Å². The molecule has 1 saturated heterocycles. The van der Waals surface area contributed by atoms with Gasteiger partial charge in [0.05, 0.1) is 33.1 Å². The molecule has 3 heterocycles. The number of imidazole rings is 1. The summed E-state index contributed by atoms with van der Waals surface area (Å²) in [5.41, 5.74) is 0.888. The highest BCUT2D eigenvalue weighted by Gasteiger charge is 2.36. The molecule has 2 aromatic heterocycles. The van der Waals surface area contributed by atoms with Gasteiger partial charge in [-0.05, 0) is 24.3 Å². The van der Waals surface area contributed by atoms with Crippen LogP contribution in [0.3, 0.4) is 0 Å². The molecule has 5 atom stereocenters. The smallest absolute Gasteiger partial charge is 0.394 e. The standard InChI is InChI=1S/C25H24N6O6/c1-15(33)27-24-28-22-21(26-14-30(22)20-12-18(34)19(13-32)36-20)23(29-24)37-25(35)31(16-8-4-2-5-9-16)17-10-6-3-7-11-17/h2-11,14,18-20,32,34H,12-13H2,1H3,(H,27,28,29,33)/t18-,19+,20+/m0/s1/i12D,13D,18D/t12-,13?,18+,19-,20-/m1. The fourth-order valence-electron chi connectivity index (χ4n) is 3.76. The number of para-hydroxylation sites is 2. The number of nitrogens with zero attached hydrogens (tertiary/aromatic N) is 5. The average molecular weight is 508 g/mol. The number of ether oxygens (including phenoxy) is 2. The molecule has 1 fully saturated rings. The van der Waals surface area contributed by atoms with E-state index in [0.29, 0.717) is 11.4 Å². The second-order valence-corrected chi connectivity index (χ2v) is 7.92. The van der Waals surface area contributed by atoms with Crippen LogP contribution in [-0.2, 0) is 9.53 Å². The van der Waals surface area contributed by atoms with Gasteiger partial charge in [-0.3, -0.25) is 14.7 Å². The molecular formula is C25H24N6O6. The zero-order valence-corrected chi connectivity index (χ0v) is 19.4. The van der Waals surface area contributed by atoms with Crippen molar-refractivity contribution < 1.29 is 33.4 Å². The van der Waals surface area contributed by atoms with Gasteiger partial charge in [0, 0.05) is 14.7 Å². The Morgan fingerprint density at radius 2 is 1.86 bits per heavy atom. The highest BCUT2D eigenvalue weighted by atomic mass is 16.6. The van der Waals surface area contributed by atoms with Gasteiger partial charge < -0.3 is 19.7 Å². The van der Waals surface area contributed by atoms with Crippen molar-refractivity contribution in [1.29, 1.82) is 0 Å². The van der Waals surface area contributed by atoms with Crippen LogP contribution in [0.2, 0.25) is 0 Å². The highest BCUT2D eigenvalue weighted by molar-refractivity contribution is 5.98. The van der Waals surface area contributed by atoms with E-state index in [4.69, 9.17) is 13.6 Å². The quantitative estimate of drug-likeness (QED) is 0.358. The Morgan fingerprint density at radius 3 is 2.43 bits per heavy atom. The molecule has 0 spiro atoms. The van der Waals surface area contributed by atoms with Crippen LogP contribution >= 0.6 is 0 Å². The van der Waals surface area contributed by atoms with E-state index in [1.54, 1.807) is 60.7 Å². The maximum atomic E-state index is 13.6. The largest absolute Gasteiger partial charge is 0.425 e. The fraction of sp³-hybridized carbons (Fsp3) is 0.240. The van der Waals surface area contributed by atoms with E-state index in [1.807, 2.05) is 0 Å². The summed E-state index contributed by atoms with van der Waals surface area (Å²) >= 11 is 0. The summed E-state index contributed by atoms with van der Waals surface area (Å²) in [6.07, 6.45) is -7.14. The second-order valence-electron chi connectivity index (χ2n) is 7.92. The van der Waals surface area contributed by atoms with E-state index in [9.17, 15) is 19.8 Å². The van der Waals surface area contributed by atoms with Crippen molar-refractivity contribution in [2.24, 2.45) is 0 Å². The van der Waals surface area contributed by atoms with Crippen molar-refractivity contribution >= 4 is 40.5 Å². The lowest BCUT2D eigenvalue weighted by Crippen LogP contribution is -2.29. The molecule has 0 radical (unpaired) electrons. The maximum Gasteiger partial charge on any atom is 0.425 e. The highest BCUT2D eigenvalue weighted by Crippen LogP contribution is 2.34. The van der Waals surface area contributed by atoms with Gasteiger partial charge in [-0.25, -0.2) is 14.7 Å². The monoisotopic (exact) mass is 507 g/mol. The summed E-state index contributed by atoms with van der Waals surface area (Å²) in [6, 6.07) is 17.5. The number of hydrogen-bond donors (Lipinski definition) is 3. The Labute approximate surface area is 215 Å². The number of fused-ring (bicyclic) bond motifs is 1. The molecule has 12 heteroatoms. The summed E-state index contributed by atoms with van der Waals surface area (Å²) in [4.78, 5) is 39.3. The van der Waals surface area contributed by atoms with Crippen molar-refractivity contribution in [1.82, 2.24) is 19.5 Å². The first-order valence-electron chi connectivity index (χ1n) is 12.8. The van der Waals surface area contributed by atoms with E-state index in [2.05, 4.69) is 20.3 Å². The molecule has 2 amide bonds. The lowest BCUT2D eigenvalue weighted by molar-refractivity contribution is -0.114. The van der Waals surface area contributed by atoms with Crippen LogP contribution in [0.1, 0.15) is 23.7 Å². The first kappa shape index (κ1) is 20.8. The van der Waals surface area contributed by atoms with Crippen molar-refractivity contribution in [3.63, 3.8) is 0 Å². The number of rotatable bonds is 6. The molecule has 1 unspecified atom stereocenters. The van der Waals surface area contributed by atoms with Gasteiger partial charge in [0.25, 0.3) is 5.88 Å². The molecule has 190 valence electrons. The van der Waals surface area contributed by atoms with Gasteiger partial charge in [0.2, 0.25) is 11.9 Å². The Morgan fingerprint density at radius 1 is 1.22 bits per heavy atom. The first-order chi connectivity index (χ1) is 19.1. The molecule has 1 aliphatic rings. The van der Waals surface area contributed by atoms with Crippen LogP contribution in [0.15, 0.2) is 67.0 Å². The molecule has 4 aromatic rings. The van der Waals surface area contributed by atoms with E-state index in [0.717, 1.165) is 0 Å². The molecule has 5 rings (SSSR count). The summed E-state index contributed by atoms with van der Waals surface area (Å²) in [5, 5.41) is 22.5. The third-order valence-corrected chi connectivity index (χ3v) is 5.37. The Bertz CT molecular complexity index is 1500. The lowest BCUT2D eigenvalue weighted by Gasteiger charge is -2.22. The molecule has 2 aromatic carbocycles. The molecule has 3 N–H and O–H groups in total. The predicted octanol–water partition coefficient (Wildman–Crippen LogP) is 2.76. The summed E-state index contributed by atoms with van der Waals surface area (Å²) in [6.45, 7) is -0.776. The number of amides is 2. The third-order valence-electron chi connectivity index (χ3n) is 5.37. The van der Waals surface area contributed by atoms with Gasteiger partial charge >= 0.3 is 6.09 Å². The number of aliphatic hydroxyl groups is 2. The number of aromatic nitrogens is 4. The SMILES string of the molecule is [2H]C(O)[C@H]1O[C@@H](n2cnc3c(OC(=O)N(c4ccccc4)c4ccccc4)nc(NC(C)=O)nc32)[C@H]([2H])[C@]1([2H])O. The predicted molar refractivity (Wildman–Crippen MR) is 132 cm³/mol. The fourth-order valence-corrected chi connectivity index (χ4v) is 3.76. The van der Waals surface area contributed by atoms with Crippen molar-refractivity contribution in [2.75, 3.05) is 16.8 Å². The van der Waals surface area contributed by atoms with Crippen LogP contribution in [0, 0.1) is 0 Å². The number of carbonyl (C=O) groups excluding carboxylic acids is 2. The normalized spacial score (nSPS) is 25.1. The average Bonchev–Trinajstić information content (AvgIpc) is 3.43.